The lowest BCUT2D eigenvalue weighted by atomic mass is 10.2. The van der Waals surface area contributed by atoms with Crippen molar-refractivity contribution >= 4 is 34.4 Å². The van der Waals surface area contributed by atoms with Crippen LogP contribution in [-0.2, 0) is 11.3 Å². The van der Waals surface area contributed by atoms with E-state index in [4.69, 9.17) is 16.6 Å². The van der Waals surface area contributed by atoms with Gasteiger partial charge in [0, 0.05) is 24.2 Å². The molecule has 1 unspecified atom stereocenters. The minimum Gasteiger partial charge on any atom is -0.344 e. The number of likely N-dealkylation sites (N-methyl/N-ethyl adjacent to an activating group) is 1. The first-order valence-corrected chi connectivity index (χ1v) is 10.5. The quantitative estimate of drug-likeness (QED) is 0.579. The van der Waals surface area contributed by atoms with Crippen LogP contribution in [0.1, 0.15) is 48.9 Å². The predicted octanol–water partition coefficient (Wildman–Crippen LogP) is 4.44. The van der Waals surface area contributed by atoms with Crippen LogP contribution in [0.25, 0.3) is 11.0 Å². The van der Waals surface area contributed by atoms with E-state index in [-0.39, 0.29) is 24.4 Å². The van der Waals surface area contributed by atoms with Crippen LogP contribution in [0.5, 0.6) is 0 Å². The zero-order valence-corrected chi connectivity index (χ0v) is 18.3. The van der Waals surface area contributed by atoms with Gasteiger partial charge in [-0.3, -0.25) is 9.59 Å². The molecule has 0 fully saturated rings. The maximum atomic E-state index is 12.8. The minimum atomic E-state index is -0.380. The topological polar surface area (TPSA) is 67.2 Å². The number of nitrogens with one attached hydrogen (secondary N) is 1. The highest BCUT2D eigenvalue weighted by Crippen LogP contribution is 2.22. The molecule has 2 amide bonds. The average Bonchev–Trinajstić information content (AvgIpc) is 3.11. The number of unbranched alkanes of at least 4 members (excludes halogenated alkanes) is 1. The van der Waals surface area contributed by atoms with Gasteiger partial charge in [-0.15, -0.1) is 0 Å². The van der Waals surface area contributed by atoms with Crippen molar-refractivity contribution in [1.82, 2.24) is 19.8 Å². The van der Waals surface area contributed by atoms with Gasteiger partial charge in [0.1, 0.15) is 12.4 Å². The van der Waals surface area contributed by atoms with Crippen LogP contribution >= 0.6 is 11.6 Å². The molecule has 30 heavy (non-hydrogen) atoms. The van der Waals surface area contributed by atoms with E-state index in [1.807, 2.05) is 42.8 Å². The normalized spacial score (nSPS) is 12.0. The second-order valence-corrected chi connectivity index (χ2v) is 7.85. The molecule has 7 heteroatoms. The van der Waals surface area contributed by atoms with E-state index < -0.39 is 0 Å². The molecule has 1 heterocycles. The number of nitrogens with zero attached hydrogens (tertiary/aromatic N) is 3. The van der Waals surface area contributed by atoms with Crippen molar-refractivity contribution in [3.8, 4) is 0 Å². The Hall–Kier alpha value is -2.86. The first-order valence-electron chi connectivity index (χ1n) is 10.2. The lowest BCUT2D eigenvalue weighted by molar-refractivity contribution is -0.130. The van der Waals surface area contributed by atoms with Crippen molar-refractivity contribution in [3.63, 3.8) is 0 Å². The molecule has 1 N–H and O–H groups in total. The third-order valence-corrected chi connectivity index (χ3v) is 5.34. The molecule has 0 spiro atoms. The molecule has 0 bridgehead atoms. The third-order valence-electron chi connectivity index (χ3n) is 5.09. The number of carbonyl (C=O) groups excluding carboxylic acids is 2. The number of rotatable bonds is 8. The Kier molecular flexibility index (Phi) is 7.11. The number of hydrogen-bond donors (Lipinski definition) is 1. The smallest absolute Gasteiger partial charge is 0.251 e. The van der Waals surface area contributed by atoms with Crippen LogP contribution in [0.15, 0.2) is 48.5 Å². The van der Waals surface area contributed by atoms with Gasteiger partial charge in [-0.1, -0.05) is 37.1 Å². The van der Waals surface area contributed by atoms with Crippen LogP contribution in [0, 0.1) is 0 Å². The summed E-state index contributed by atoms with van der Waals surface area (Å²) in [6.45, 7) is 4.87. The van der Waals surface area contributed by atoms with E-state index >= 15 is 0 Å². The number of halogens is 1. The Morgan fingerprint density at radius 3 is 2.57 bits per heavy atom. The van der Waals surface area contributed by atoms with Gasteiger partial charge in [0.05, 0.1) is 17.1 Å². The highest BCUT2D eigenvalue weighted by Gasteiger charge is 2.21. The Bertz CT molecular complexity index is 1030. The summed E-state index contributed by atoms with van der Waals surface area (Å²) in [5.74, 6) is 0.448. The van der Waals surface area contributed by atoms with E-state index in [0.717, 1.165) is 30.4 Å². The summed E-state index contributed by atoms with van der Waals surface area (Å²) in [7, 11) is 1.82. The standard InChI is InChI=1S/C23H27ClN4O2/c1-4-5-14-27(3)21(29)15-28-20-9-7-6-8-19(20)26-22(28)16(2)25-23(30)17-10-12-18(24)13-11-17/h6-13,16H,4-5,14-15H2,1-3H3,(H,25,30). The average molecular weight is 427 g/mol. The fourth-order valence-electron chi connectivity index (χ4n) is 3.31. The van der Waals surface area contributed by atoms with E-state index in [2.05, 4.69) is 12.2 Å². The molecule has 1 aromatic heterocycles. The maximum Gasteiger partial charge on any atom is 0.251 e. The van der Waals surface area contributed by atoms with Crippen molar-refractivity contribution in [1.29, 1.82) is 0 Å². The largest absolute Gasteiger partial charge is 0.344 e. The lowest BCUT2D eigenvalue weighted by Crippen LogP contribution is -2.33. The van der Waals surface area contributed by atoms with Crippen LogP contribution < -0.4 is 5.32 Å². The van der Waals surface area contributed by atoms with Gasteiger partial charge in [0.25, 0.3) is 5.91 Å². The number of benzene rings is 2. The van der Waals surface area contributed by atoms with Crippen LogP contribution in [-0.4, -0.2) is 39.9 Å². The summed E-state index contributed by atoms with van der Waals surface area (Å²) in [4.78, 5) is 31.9. The molecule has 1 atom stereocenters. The Labute approximate surface area is 181 Å². The van der Waals surface area contributed by atoms with Gasteiger partial charge in [-0.2, -0.15) is 0 Å². The molecule has 3 rings (SSSR count). The molecule has 0 aliphatic heterocycles. The molecular weight excluding hydrogens is 400 g/mol. The second-order valence-electron chi connectivity index (χ2n) is 7.42. The van der Waals surface area contributed by atoms with Gasteiger partial charge in [0.2, 0.25) is 5.91 Å². The van der Waals surface area contributed by atoms with Crippen molar-refractivity contribution in [2.75, 3.05) is 13.6 Å². The molecule has 0 aliphatic rings. The third kappa shape index (κ3) is 5.00. The van der Waals surface area contributed by atoms with Crippen LogP contribution in [0.3, 0.4) is 0 Å². The molecule has 6 nitrogen and oxygen atoms in total. The van der Waals surface area contributed by atoms with Crippen molar-refractivity contribution in [2.45, 2.75) is 39.3 Å². The number of carbonyl (C=O) groups is 2. The van der Waals surface area contributed by atoms with Gasteiger partial charge >= 0.3 is 0 Å². The Balaban J connectivity index is 1.85. The highest BCUT2D eigenvalue weighted by molar-refractivity contribution is 6.30. The van der Waals surface area contributed by atoms with E-state index in [1.54, 1.807) is 29.2 Å². The molecule has 3 aromatic rings. The monoisotopic (exact) mass is 426 g/mol. The number of amides is 2. The predicted molar refractivity (Wildman–Crippen MR) is 120 cm³/mol. The first-order chi connectivity index (χ1) is 14.4. The van der Waals surface area contributed by atoms with Crippen molar-refractivity contribution in [2.24, 2.45) is 0 Å². The van der Waals surface area contributed by atoms with Gasteiger partial charge in [-0.05, 0) is 49.7 Å². The number of para-hydroxylation sites is 2. The highest BCUT2D eigenvalue weighted by atomic mass is 35.5. The summed E-state index contributed by atoms with van der Waals surface area (Å²) in [6, 6.07) is 14.0. The number of imidazole rings is 1. The van der Waals surface area contributed by atoms with Gasteiger partial charge < -0.3 is 14.8 Å². The van der Waals surface area contributed by atoms with Crippen molar-refractivity contribution in [3.05, 3.63) is 64.9 Å². The van der Waals surface area contributed by atoms with Gasteiger partial charge in [-0.25, -0.2) is 4.98 Å². The fraction of sp³-hybridized carbons (Fsp3) is 0.348. The van der Waals surface area contributed by atoms with E-state index in [1.165, 1.54) is 0 Å². The minimum absolute atomic E-state index is 0.0177. The maximum absolute atomic E-state index is 12.8. The summed E-state index contributed by atoms with van der Waals surface area (Å²) in [5.41, 5.74) is 2.19. The van der Waals surface area contributed by atoms with Crippen LogP contribution in [0.4, 0.5) is 0 Å². The van der Waals surface area contributed by atoms with Gasteiger partial charge in [0.15, 0.2) is 0 Å². The number of hydrogen-bond acceptors (Lipinski definition) is 3. The molecule has 0 saturated heterocycles. The lowest BCUT2D eigenvalue weighted by Gasteiger charge is -2.20. The van der Waals surface area contributed by atoms with E-state index in [0.29, 0.717) is 16.4 Å². The number of aromatic nitrogens is 2. The molecule has 2 aromatic carbocycles. The van der Waals surface area contributed by atoms with E-state index in [9.17, 15) is 9.59 Å². The van der Waals surface area contributed by atoms with Crippen molar-refractivity contribution < 1.29 is 9.59 Å². The summed E-state index contributed by atoms with van der Waals surface area (Å²) < 4.78 is 1.90. The molecule has 0 aliphatic carbocycles. The summed E-state index contributed by atoms with van der Waals surface area (Å²) >= 11 is 5.91. The van der Waals surface area contributed by atoms with Crippen LogP contribution in [0.2, 0.25) is 5.02 Å². The summed E-state index contributed by atoms with van der Waals surface area (Å²) in [5, 5.41) is 3.56. The molecule has 0 saturated carbocycles. The summed E-state index contributed by atoms with van der Waals surface area (Å²) in [6.07, 6.45) is 2.00. The SMILES string of the molecule is CCCCN(C)C(=O)Cn1c(C(C)NC(=O)c2ccc(Cl)cc2)nc2ccccc21. The first kappa shape index (κ1) is 21.8. The molecule has 158 valence electrons. The molecular formula is C23H27ClN4O2. The second kappa shape index (κ2) is 9.76. The zero-order chi connectivity index (χ0) is 21.7. The Morgan fingerprint density at radius 1 is 1.17 bits per heavy atom. The Morgan fingerprint density at radius 2 is 1.87 bits per heavy atom. The fourth-order valence-corrected chi connectivity index (χ4v) is 3.44. The number of fused-ring (bicyclic) bond motifs is 1. The zero-order valence-electron chi connectivity index (χ0n) is 17.6. The molecule has 0 radical (unpaired) electrons.